The van der Waals surface area contributed by atoms with E-state index < -0.39 is 0 Å². The van der Waals surface area contributed by atoms with Crippen LogP contribution in [0.1, 0.15) is 5.56 Å². The number of rotatable bonds is 4. The standard InChI is InChI=1S/C19H16N4O2/c1-12-2-3-14(9-17(12)24)23-18-10-19(22-11-21-18)25-15-4-5-16-13(8-15)6-7-20-16/h2-11,20,24H,1H3,(H,21,22,23). The minimum absolute atomic E-state index is 0.232. The van der Waals surface area contributed by atoms with E-state index in [0.29, 0.717) is 17.4 Å². The van der Waals surface area contributed by atoms with E-state index in [1.165, 1.54) is 6.33 Å². The van der Waals surface area contributed by atoms with Gasteiger partial charge in [0.2, 0.25) is 5.88 Å². The molecule has 6 nitrogen and oxygen atoms in total. The van der Waals surface area contributed by atoms with Crippen LogP contribution >= 0.6 is 0 Å². The first-order valence-electron chi connectivity index (χ1n) is 7.81. The van der Waals surface area contributed by atoms with E-state index >= 15 is 0 Å². The zero-order valence-electron chi connectivity index (χ0n) is 13.5. The van der Waals surface area contributed by atoms with Crippen molar-refractivity contribution in [3.63, 3.8) is 0 Å². The number of anilines is 2. The summed E-state index contributed by atoms with van der Waals surface area (Å²) in [7, 11) is 0. The Hall–Kier alpha value is -3.54. The molecule has 0 spiro atoms. The smallest absolute Gasteiger partial charge is 0.224 e. The first-order valence-corrected chi connectivity index (χ1v) is 7.81. The minimum Gasteiger partial charge on any atom is -0.508 e. The Morgan fingerprint density at radius 2 is 1.96 bits per heavy atom. The second kappa shape index (κ2) is 6.16. The van der Waals surface area contributed by atoms with Crippen LogP contribution in [-0.2, 0) is 0 Å². The number of aryl methyl sites for hydroxylation is 1. The fraction of sp³-hybridized carbons (Fsp3) is 0.0526. The molecule has 0 saturated heterocycles. The Balaban J connectivity index is 1.55. The molecule has 0 bridgehead atoms. The number of hydrogen-bond donors (Lipinski definition) is 3. The van der Waals surface area contributed by atoms with Crippen molar-refractivity contribution in [2.45, 2.75) is 6.92 Å². The van der Waals surface area contributed by atoms with Gasteiger partial charge >= 0.3 is 0 Å². The van der Waals surface area contributed by atoms with Crippen molar-refractivity contribution in [2.24, 2.45) is 0 Å². The molecule has 6 heteroatoms. The molecule has 0 aliphatic rings. The second-order valence-electron chi connectivity index (χ2n) is 5.70. The molecule has 0 radical (unpaired) electrons. The lowest BCUT2D eigenvalue weighted by molar-refractivity contribution is 0.462. The summed E-state index contributed by atoms with van der Waals surface area (Å²) in [6, 6.07) is 14.8. The predicted molar refractivity (Wildman–Crippen MR) is 96.5 cm³/mol. The van der Waals surface area contributed by atoms with Gasteiger partial charge in [0.05, 0.1) is 0 Å². The Labute approximate surface area is 144 Å². The molecule has 4 rings (SSSR count). The van der Waals surface area contributed by atoms with Crippen molar-refractivity contribution >= 4 is 22.4 Å². The number of fused-ring (bicyclic) bond motifs is 1. The number of aromatic nitrogens is 3. The van der Waals surface area contributed by atoms with E-state index in [1.54, 1.807) is 12.1 Å². The van der Waals surface area contributed by atoms with Crippen LogP contribution < -0.4 is 10.1 Å². The second-order valence-corrected chi connectivity index (χ2v) is 5.70. The van der Waals surface area contributed by atoms with Crippen molar-refractivity contribution in [3.05, 3.63) is 66.6 Å². The van der Waals surface area contributed by atoms with E-state index in [4.69, 9.17) is 4.74 Å². The maximum atomic E-state index is 9.80. The van der Waals surface area contributed by atoms with Crippen LogP contribution in [0.2, 0.25) is 0 Å². The normalized spacial score (nSPS) is 10.8. The molecule has 2 aromatic heterocycles. The first-order chi connectivity index (χ1) is 12.2. The van der Waals surface area contributed by atoms with Gasteiger partial charge in [0.15, 0.2) is 0 Å². The molecule has 2 aromatic carbocycles. The lowest BCUT2D eigenvalue weighted by Gasteiger charge is -2.09. The molecule has 0 saturated carbocycles. The van der Waals surface area contributed by atoms with Crippen LogP contribution in [0.25, 0.3) is 10.9 Å². The maximum absolute atomic E-state index is 9.80. The van der Waals surface area contributed by atoms with Crippen LogP contribution in [0, 0.1) is 6.92 Å². The number of aromatic amines is 1. The number of aromatic hydroxyl groups is 1. The third-order valence-electron chi connectivity index (χ3n) is 3.87. The fourth-order valence-corrected chi connectivity index (χ4v) is 2.51. The molecule has 0 fully saturated rings. The van der Waals surface area contributed by atoms with Gasteiger partial charge in [0, 0.05) is 34.9 Å². The average Bonchev–Trinajstić information content (AvgIpc) is 3.06. The van der Waals surface area contributed by atoms with Gasteiger partial charge in [-0.25, -0.2) is 9.97 Å². The summed E-state index contributed by atoms with van der Waals surface area (Å²) in [4.78, 5) is 11.5. The highest BCUT2D eigenvalue weighted by molar-refractivity contribution is 5.80. The molecule has 25 heavy (non-hydrogen) atoms. The molecule has 3 N–H and O–H groups in total. The summed E-state index contributed by atoms with van der Waals surface area (Å²) < 4.78 is 5.82. The number of hydrogen-bond acceptors (Lipinski definition) is 5. The number of phenolic OH excluding ortho intramolecular Hbond substituents is 1. The third-order valence-corrected chi connectivity index (χ3v) is 3.87. The Bertz CT molecular complexity index is 1040. The van der Waals surface area contributed by atoms with Crippen LogP contribution in [0.4, 0.5) is 11.5 Å². The highest BCUT2D eigenvalue weighted by atomic mass is 16.5. The van der Waals surface area contributed by atoms with Crippen LogP contribution in [-0.4, -0.2) is 20.1 Å². The molecule has 0 unspecified atom stereocenters. The zero-order chi connectivity index (χ0) is 17.2. The molecule has 0 amide bonds. The first kappa shape index (κ1) is 15.0. The average molecular weight is 332 g/mol. The highest BCUT2D eigenvalue weighted by Gasteiger charge is 2.05. The third kappa shape index (κ3) is 3.23. The lowest BCUT2D eigenvalue weighted by atomic mass is 10.2. The largest absolute Gasteiger partial charge is 0.508 e. The topological polar surface area (TPSA) is 83.1 Å². The predicted octanol–water partition coefficient (Wildman–Crippen LogP) is 4.51. The van der Waals surface area contributed by atoms with Crippen molar-refractivity contribution < 1.29 is 9.84 Å². The highest BCUT2D eigenvalue weighted by Crippen LogP contribution is 2.27. The Kier molecular flexibility index (Phi) is 3.70. The van der Waals surface area contributed by atoms with Gasteiger partial charge in [-0.2, -0.15) is 0 Å². The molecular formula is C19H16N4O2. The minimum atomic E-state index is 0.232. The van der Waals surface area contributed by atoms with Crippen LogP contribution in [0.3, 0.4) is 0 Å². The van der Waals surface area contributed by atoms with Crippen molar-refractivity contribution in [3.8, 4) is 17.4 Å². The summed E-state index contributed by atoms with van der Waals surface area (Å²) in [5, 5.41) is 14.0. The van der Waals surface area contributed by atoms with Crippen molar-refractivity contribution in [2.75, 3.05) is 5.32 Å². The summed E-state index contributed by atoms with van der Waals surface area (Å²) in [5.74, 6) is 1.94. The Morgan fingerprint density at radius 3 is 2.84 bits per heavy atom. The number of phenols is 1. The lowest BCUT2D eigenvalue weighted by Crippen LogP contribution is -1.96. The molecule has 124 valence electrons. The molecule has 4 aromatic rings. The number of nitrogens with one attached hydrogen (secondary N) is 2. The monoisotopic (exact) mass is 332 g/mol. The van der Waals surface area contributed by atoms with E-state index in [-0.39, 0.29) is 5.75 Å². The SMILES string of the molecule is Cc1ccc(Nc2cc(Oc3ccc4[nH]ccc4c3)ncn2)cc1O. The van der Waals surface area contributed by atoms with Crippen molar-refractivity contribution in [1.29, 1.82) is 0 Å². The van der Waals surface area contributed by atoms with E-state index in [0.717, 1.165) is 22.2 Å². The van der Waals surface area contributed by atoms with Gasteiger partial charge in [0.1, 0.15) is 23.6 Å². The molecule has 0 aliphatic carbocycles. The van der Waals surface area contributed by atoms with Gasteiger partial charge in [0.25, 0.3) is 0 Å². The maximum Gasteiger partial charge on any atom is 0.224 e. The van der Waals surface area contributed by atoms with Gasteiger partial charge < -0.3 is 20.1 Å². The summed E-state index contributed by atoms with van der Waals surface area (Å²) in [6.45, 7) is 1.84. The number of nitrogens with zero attached hydrogens (tertiary/aromatic N) is 2. The van der Waals surface area contributed by atoms with E-state index in [1.807, 2.05) is 49.5 Å². The van der Waals surface area contributed by atoms with Gasteiger partial charge in [-0.1, -0.05) is 6.07 Å². The zero-order valence-corrected chi connectivity index (χ0v) is 13.5. The molecule has 2 heterocycles. The number of benzene rings is 2. The van der Waals surface area contributed by atoms with Gasteiger partial charge in [-0.3, -0.25) is 0 Å². The van der Waals surface area contributed by atoms with Gasteiger partial charge in [-0.05, 0) is 42.8 Å². The van der Waals surface area contributed by atoms with Gasteiger partial charge in [-0.15, -0.1) is 0 Å². The molecular weight excluding hydrogens is 316 g/mol. The van der Waals surface area contributed by atoms with Crippen LogP contribution in [0.5, 0.6) is 17.4 Å². The molecule has 0 aliphatic heterocycles. The van der Waals surface area contributed by atoms with E-state index in [2.05, 4.69) is 20.3 Å². The van der Waals surface area contributed by atoms with E-state index in [9.17, 15) is 5.11 Å². The Morgan fingerprint density at radius 1 is 1.04 bits per heavy atom. The summed E-state index contributed by atoms with van der Waals surface area (Å²) >= 11 is 0. The summed E-state index contributed by atoms with van der Waals surface area (Å²) in [5.41, 5.74) is 2.61. The van der Waals surface area contributed by atoms with Crippen LogP contribution in [0.15, 0.2) is 61.1 Å². The van der Waals surface area contributed by atoms with Crippen molar-refractivity contribution in [1.82, 2.24) is 15.0 Å². The fourth-order valence-electron chi connectivity index (χ4n) is 2.51. The molecule has 0 atom stereocenters. The number of H-pyrrole nitrogens is 1. The number of ether oxygens (including phenoxy) is 1. The summed E-state index contributed by atoms with van der Waals surface area (Å²) in [6.07, 6.45) is 3.32. The quantitative estimate of drug-likeness (QED) is 0.512.